The fraction of sp³-hybridized carbons (Fsp3) is 0.353. The number of hydrogen-bond donors (Lipinski definition) is 9. The van der Waals surface area contributed by atoms with Crippen LogP contribution < -0.4 is 37.7 Å². The van der Waals surface area contributed by atoms with Gasteiger partial charge in [0.2, 0.25) is 26.0 Å². The first-order valence-corrected chi connectivity index (χ1v) is 21.1. The number of rotatable bonds is 12. The van der Waals surface area contributed by atoms with E-state index in [9.17, 15) is 31.5 Å². The maximum Gasteiger partial charge on any atom is 0.324 e. The summed E-state index contributed by atoms with van der Waals surface area (Å²) in [5.74, 6) is -1.88. The van der Waals surface area contributed by atoms with E-state index >= 15 is 0 Å². The Balaban J connectivity index is 0.000000219. The topological polar surface area (TPSA) is 334 Å². The number of carbonyl (C=O) groups excluding carboxylic acids is 1. The first-order chi connectivity index (χ1) is 26.8. The maximum absolute atomic E-state index is 13.2. The molecule has 19 nitrogen and oxygen atoms in total. The van der Waals surface area contributed by atoms with Crippen LogP contribution in [0.4, 0.5) is 11.6 Å². The maximum atomic E-state index is 13.2. The van der Waals surface area contributed by atoms with Gasteiger partial charge in [0.05, 0.1) is 26.4 Å². The lowest BCUT2D eigenvalue weighted by Crippen LogP contribution is -2.57. The van der Waals surface area contributed by atoms with Gasteiger partial charge in [-0.05, 0) is 49.9 Å². The lowest BCUT2D eigenvalue weighted by molar-refractivity contribution is -0.143. The normalized spacial score (nSPS) is 16.1. The molecule has 0 spiro atoms. The summed E-state index contributed by atoms with van der Waals surface area (Å²) in [4.78, 5) is 40.0. The molecule has 6 rings (SSSR count). The number of nitrogens with two attached hydrogens (primary N) is 4. The van der Waals surface area contributed by atoms with Crippen molar-refractivity contribution in [2.24, 2.45) is 32.9 Å². The van der Waals surface area contributed by atoms with Crippen LogP contribution in [-0.4, -0.2) is 85.0 Å². The number of aromatic nitrogens is 2. The third-order valence-corrected chi connectivity index (χ3v) is 13.2. The molecule has 0 atom stereocenters. The Kier molecular flexibility index (Phi) is 13.1. The highest BCUT2D eigenvalue weighted by Gasteiger charge is 2.45. The second kappa shape index (κ2) is 17.3. The third kappa shape index (κ3) is 9.63. The highest BCUT2D eigenvalue weighted by Crippen LogP contribution is 2.36. The van der Waals surface area contributed by atoms with Crippen LogP contribution in [0.15, 0.2) is 68.6 Å². The summed E-state index contributed by atoms with van der Waals surface area (Å²) in [7, 11) is -8.19. The van der Waals surface area contributed by atoms with Crippen molar-refractivity contribution in [3.05, 3.63) is 58.8 Å². The van der Waals surface area contributed by atoms with Crippen LogP contribution in [0.1, 0.15) is 51.4 Å². The number of amides is 1. The van der Waals surface area contributed by atoms with Gasteiger partial charge < -0.3 is 38.5 Å². The predicted octanol–water partition coefficient (Wildman–Crippen LogP) is 1.96. The fourth-order valence-corrected chi connectivity index (χ4v) is 10.1. The highest BCUT2D eigenvalue weighted by atomic mass is 35.5. The molecule has 0 unspecified atom stereocenters. The summed E-state index contributed by atoms with van der Waals surface area (Å²) in [5.41, 5.74) is 18.9. The van der Waals surface area contributed by atoms with E-state index in [1.807, 2.05) is 0 Å². The highest BCUT2D eigenvalue weighted by molar-refractivity contribution is 7.89. The zero-order chi connectivity index (χ0) is 41.8. The third-order valence-electron chi connectivity index (χ3n) is 9.48. The molecule has 57 heavy (non-hydrogen) atoms. The van der Waals surface area contributed by atoms with Crippen molar-refractivity contribution in [2.45, 2.75) is 72.2 Å². The average Bonchev–Trinajstić information content (AvgIpc) is 3.83. The number of aliphatic imine (C=N–C) groups is 2. The van der Waals surface area contributed by atoms with Gasteiger partial charge in [-0.2, -0.15) is 19.4 Å². The molecule has 2 heterocycles. The largest absolute Gasteiger partial charge is 0.480 e. The van der Waals surface area contributed by atoms with Gasteiger partial charge in [0, 0.05) is 40.5 Å². The number of pyridine rings is 2. The molecule has 2 aliphatic carbocycles. The van der Waals surface area contributed by atoms with Gasteiger partial charge in [0.25, 0.3) is 0 Å². The van der Waals surface area contributed by atoms with Crippen LogP contribution in [-0.2, 0) is 29.6 Å². The Morgan fingerprint density at radius 2 is 1.11 bits per heavy atom. The van der Waals surface area contributed by atoms with Crippen LogP contribution in [0.25, 0.3) is 21.5 Å². The second-order valence-corrected chi connectivity index (χ2v) is 17.6. The quantitative estimate of drug-likeness (QED) is 0.0727. The van der Waals surface area contributed by atoms with Gasteiger partial charge in [0.15, 0.2) is 23.6 Å². The molecule has 0 saturated heterocycles. The molecule has 1 amide bonds. The Labute approximate surface area is 337 Å². The average molecular weight is 867 g/mol. The van der Waals surface area contributed by atoms with E-state index in [-0.39, 0.29) is 59.3 Å². The molecule has 4 aromatic rings. The molecule has 23 heteroatoms. The number of hydrogen-bond acceptors (Lipinski definition) is 11. The predicted molar refractivity (Wildman–Crippen MR) is 215 cm³/mol. The smallest absolute Gasteiger partial charge is 0.324 e. The van der Waals surface area contributed by atoms with Crippen molar-refractivity contribution in [2.75, 3.05) is 13.2 Å². The van der Waals surface area contributed by atoms with E-state index in [4.69, 9.17) is 51.2 Å². The van der Waals surface area contributed by atoms with E-state index in [0.29, 0.717) is 70.1 Å². The molecule has 306 valence electrons. The molecular weight excluding hydrogens is 825 g/mol. The number of carbonyl (C=O) groups is 2. The number of nitrogens with one attached hydrogen (secondary N) is 3. The number of benzene rings is 2. The number of guanidine groups is 2. The molecule has 13 N–H and O–H groups in total. The molecule has 2 saturated carbocycles. The number of carboxylic acid groups (broad SMARTS) is 1. The van der Waals surface area contributed by atoms with Gasteiger partial charge in [0.1, 0.15) is 11.1 Å². The van der Waals surface area contributed by atoms with Gasteiger partial charge in [-0.3, -0.25) is 9.59 Å². The molecule has 0 aliphatic heterocycles. The SMILES string of the molecule is NC(N)=Nc1ncc(Cl)c2ccc(S(=O)(=O)NC3(C(=O)NCCO)CCCC3)cc12.NC(N)=Nc1ncc(Cl)c2ccc(S(=O)(=O)NC3(C(=O)O)CCCC3)cc12. The van der Waals surface area contributed by atoms with E-state index in [0.717, 1.165) is 0 Å². The van der Waals surface area contributed by atoms with Gasteiger partial charge in [-0.25, -0.2) is 26.8 Å². The zero-order valence-corrected chi connectivity index (χ0v) is 33.3. The second-order valence-electron chi connectivity index (χ2n) is 13.4. The van der Waals surface area contributed by atoms with Gasteiger partial charge >= 0.3 is 5.97 Å². The zero-order valence-electron chi connectivity index (χ0n) is 30.2. The number of aliphatic hydroxyl groups is 1. The summed E-state index contributed by atoms with van der Waals surface area (Å²) in [6.07, 6.45) is 6.63. The number of aliphatic carboxylic acids is 1. The molecule has 2 aromatic heterocycles. The van der Waals surface area contributed by atoms with Crippen molar-refractivity contribution in [1.29, 1.82) is 0 Å². The van der Waals surface area contributed by atoms with Gasteiger partial charge in [-0.1, -0.05) is 61.0 Å². The van der Waals surface area contributed by atoms with E-state index < -0.39 is 43.0 Å². The van der Waals surface area contributed by atoms with Crippen molar-refractivity contribution in [3.63, 3.8) is 0 Å². The van der Waals surface area contributed by atoms with Crippen LogP contribution in [0.5, 0.6) is 0 Å². The van der Waals surface area contributed by atoms with Crippen LogP contribution in [0.3, 0.4) is 0 Å². The summed E-state index contributed by atoms with van der Waals surface area (Å²) in [6.45, 7) is -0.190. The Bertz CT molecular complexity index is 2480. The van der Waals surface area contributed by atoms with Crippen molar-refractivity contribution in [1.82, 2.24) is 24.7 Å². The molecule has 2 fully saturated rings. The van der Waals surface area contributed by atoms with Crippen molar-refractivity contribution < 1.29 is 36.6 Å². The number of nitrogens with zero attached hydrogens (tertiary/aromatic N) is 4. The molecule has 0 bridgehead atoms. The lowest BCUT2D eigenvalue weighted by Gasteiger charge is -2.28. The number of aliphatic hydroxyl groups excluding tert-OH is 1. The standard InChI is InChI=1S/C18H23ClN6O4S.C16H18ClN5O4S/c19-14-10-23-15(24-17(20)21)13-9-11(3-4-12(13)14)30(28,29)25-18(5-1-2-6-18)16(27)22-7-8-26;17-12-8-20-13(21-15(18)19)11-7-9(3-4-10(11)12)27(25,26)22-16(14(23)24)5-1-2-6-16/h3-4,9-10,25-26H,1-2,5-8H2,(H,22,27)(H4,20,21,23,24);3-4,7-8,22H,1-2,5-6H2,(H,23,24)(H4,18,19,20,21). The van der Waals surface area contributed by atoms with Crippen molar-refractivity contribution in [3.8, 4) is 0 Å². The Morgan fingerprint density at radius 1 is 0.702 bits per heavy atom. The number of halogens is 2. The minimum atomic E-state index is -4.11. The Morgan fingerprint density at radius 3 is 1.49 bits per heavy atom. The van der Waals surface area contributed by atoms with Gasteiger partial charge in [-0.15, -0.1) is 0 Å². The molecule has 2 aliphatic rings. The fourth-order valence-electron chi connectivity index (χ4n) is 6.77. The molecular formula is C34H41Cl2N11O8S2. The minimum Gasteiger partial charge on any atom is -0.480 e. The number of fused-ring (bicyclic) bond motifs is 2. The summed E-state index contributed by atoms with van der Waals surface area (Å²) >= 11 is 12.3. The first-order valence-electron chi connectivity index (χ1n) is 17.4. The number of carboxylic acids is 1. The minimum absolute atomic E-state index is 0.0460. The summed E-state index contributed by atoms with van der Waals surface area (Å²) in [5, 5.41) is 23.4. The van der Waals surface area contributed by atoms with Crippen LogP contribution >= 0.6 is 23.2 Å². The van der Waals surface area contributed by atoms with E-state index in [2.05, 4.69) is 34.7 Å². The van der Waals surface area contributed by atoms with Crippen molar-refractivity contribution >= 4 is 100 Å². The van der Waals surface area contributed by atoms with E-state index in [1.54, 1.807) is 0 Å². The first kappa shape index (κ1) is 43.2. The summed E-state index contributed by atoms with van der Waals surface area (Å²) < 4.78 is 56.9. The molecule has 0 radical (unpaired) electrons. The number of sulfonamides is 2. The Hall–Kier alpha value is -4.90. The van der Waals surface area contributed by atoms with Crippen LogP contribution in [0.2, 0.25) is 10.0 Å². The van der Waals surface area contributed by atoms with Crippen LogP contribution in [0, 0.1) is 0 Å². The summed E-state index contributed by atoms with van der Waals surface area (Å²) in [6, 6.07) is 8.47. The molecule has 2 aromatic carbocycles. The van der Waals surface area contributed by atoms with E-state index in [1.165, 1.54) is 48.8 Å². The monoisotopic (exact) mass is 865 g/mol. The lowest BCUT2D eigenvalue weighted by atomic mass is 9.98.